The Hall–Kier alpha value is -1.27. The molecule has 0 aromatic rings. The van der Waals surface area contributed by atoms with Gasteiger partial charge >= 0.3 is 11.9 Å². The summed E-state index contributed by atoms with van der Waals surface area (Å²) in [6.07, 6.45) is 0.670. The molecule has 33 heavy (non-hydrogen) atoms. The molecule has 0 bridgehead atoms. The van der Waals surface area contributed by atoms with Gasteiger partial charge in [-0.1, -0.05) is 0 Å². The van der Waals surface area contributed by atoms with Gasteiger partial charge in [0.25, 0.3) is 10.2 Å². The first-order valence-corrected chi connectivity index (χ1v) is 12.7. The Morgan fingerprint density at radius 2 is 0.879 bits per heavy atom. The standard InChI is InChI=1S/C22H42N4O6S/c1-17(2)11-21(15(27)31-9,12-18(3,4)23-17)25-33(29,30)26-22(16(28)32-10)13-19(5,6)24-20(7,8)14-22/h23-26H,11-14H2,1-10H3. The molecule has 192 valence electrons. The Kier molecular flexibility index (Phi) is 7.15. The second kappa shape index (κ2) is 8.44. The van der Waals surface area contributed by atoms with Crippen molar-refractivity contribution in [2.75, 3.05) is 14.2 Å². The number of ether oxygens (including phenoxy) is 2. The molecule has 2 fully saturated rings. The lowest BCUT2D eigenvalue weighted by Crippen LogP contribution is -2.74. The zero-order chi connectivity index (χ0) is 25.7. The molecule has 0 aromatic heterocycles. The maximum absolute atomic E-state index is 13.6. The van der Waals surface area contributed by atoms with Gasteiger partial charge in [0.1, 0.15) is 11.1 Å². The van der Waals surface area contributed by atoms with Gasteiger partial charge < -0.3 is 20.1 Å². The first kappa shape index (κ1) is 28.0. The van der Waals surface area contributed by atoms with Crippen LogP contribution >= 0.6 is 0 Å². The van der Waals surface area contributed by atoms with Gasteiger partial charge in [-0.05, 0) is 81.1 Å². The minimum atomic E-state index is -4.37. The topological polar surface area (TPSA) is 135 Å². The van der Waals surface area contributed by atoms with Gasteiger partial charge in [-0.3, -0.25) is 9.59 Å². The Labute approximate surface area is 198 Å². The van der Waals surface area contributed by atoms with Gasteiger partial charge in [0.15, 0.2) is 0 Å². The van der Waals surface area contributed by atoms with E-state index in [0.717, 1.165) is 0 Å². The van der Waals surface area contributed by atoms with Crippen molar-refractivity contribution in [3.8, 4) is 0 Å². The third kappa shape index (κ3) is 6.45. The van der Waals surface area contributed by atoms with Gasteiger partial charge in [-0.2, -0.15) is 17.9 Å². The fraction of sp³-hybridized carbons (Fsp3) is 0.909. The number of nitrogens with one attached hydrogen (secondary N) is 4. The second-order valence-corrected chi connectivity index (χ2v) is 13.8. The fourth-order valence-corrected chi connectivity index (χ4v) is 8.13. The molecule has 4 N–H and O–H groups in total. The molecule has 2 saturated heterocycles. The van der Waals surface area contributed by atoms with E-state index in [2.05, 4.69) is 20.1 Å². The molecule has 0 radical (unpaired) electrons. The molecule has 0 aliphatic carbocycles. The van der Waals surface area contributed by atoms with Crippen molar-refractivity contribution >= 4 is 22.1 Å². The van der Waals surface area contributed by atoms with Gasteiger partial charge in [-0.15, -0.1) is 0 Å². The van der Waals surface area contributed by atoms with E-state index in [1.807, 2.05) is 55.4 Å². The van der Waals surface area contributed by atoms with Crippen molar-refractivity contribution < 1.29 is 27.5 Å². The number of methoxy groups -OCH3 is 2. The highest BCUT2D eigenvalue weighted by Gasteiger charge is 2.58. The number of hydrogen-bond acceptors (Lipinski definition) is 8. The number of esters is 2. The van der Waals surface area contributed by atoms with E-state index in [1.165, 1.54) is 14.2 Å². The third-order valence-electron chi connectivity index (χ3n) is 6.14. The maximum atomic E-state index is 13.6. The summed E-state index contributed by atoms with van der Waals surface area (Å²) in [5, 5.41) is 6.89. The van der Waals surface area contributed by atoms with E-state index < -0.39 is 55.4 Å². The molecule has 2 heterocycles. The highest BCUT2D eigenvalue weighted by atomic mass is 32.2. The van der Waals surface area contributed by atoms with Crippen molar-refractivity contribution in [2.24, 2.45) is 0 Å². The fourth-order valence-electron chi connectivity index (χ4n) is 6.60. The van der Waals surface area contributed by atoms with Crippen molar-refractivity contribution in [1.82, 2.24) is 20.1 Å². The molecule has 0 unspecified atom stereocenters. The first-order valence-electron chi connectivity index (χ1n) is 11.2. The van der Waals surface area contributed by atoms with Gasteiger partial charge in [-0.25, -0.2) is 0 Å². The van der Waals surface area contributed by atoms with Crippen LogP contribution in [0.2, 0.25) is 0 Å². The third-order valence-corrected chi connectivity index (χ3v) is 7.46. The van der Waals surface area contributed by atoms with Gasteiger partial charge in [0.05, 0.1) is 14.2 Å². The number of rotatable bonds is 6. The summed E-state index contributed by atoms with van der Waals surface area (Å²) in [7, 11) is -1.89. The van der Waals surface area contributed by atoms with E-state index in [4.69, 9.17) is 9.47 Å². The maximum Gasteiger partial charge on any atom is 0.327 e. The average Bonchev–Trinajstić information content (AvgIpc) is 2.53. The molecule has 0 saturated carbocycles. The van der Waals surface area contributed by atoms with Crippen molar-refractivity contribution in [1.29, 1.82) is 0 Å². The quantitative estimate of drug-likeness (QED) is 0.407. The Morgan fingerprint density at radius 1 is 0.636 bits per heavy atom. The van der Waals surface area contributed by atoms with Crippen LogP contribution in [-0.4, -0.2) is 67.8 Å². The molecular weight excluding hydrogens is 448 g/mol. The molecule has 2 rings (SSSR count). The number of carbonyl (C=O) groups is 2. The van der Waals surface area contributed by atoms with E-state index in [9.17, 15) is 18.0 Å². The molecule has 0 atom stereocenters. The van der Waals surface area contributed by atoms with Crippen LogP contribution in [0.4, 0.5) is 0 Å². The first-order chi connectivity index (χ1) is 14.6. The Bertz CT molecular complexity index is 797. The van der Waals surface area contributed by atoms with Gasteiger partial charge in [0, 0.05) is 22.2 Å². The van der Waals surface area contributed by atoms with Crippen molar-refractivity contribution in [3.63, 3.8) is 0 Å². The highest BCUT2D eigenvalue weighted by Crippen LogP contribution is 2.39. The molecule has 0 amide bonds. The minimum absolute atomic E-state index is 0.167. The zero-order valence-corrected chi connectivity index (χ0v) is 22.5. The minimum Gasteiger partial charge on any atom is -0.468 e. The highest BCUT2D eigenvalue weighted by molar-refractivity contribution is 7.87. The normalized spacial score (nSPS) is 26.7. The van der Waals surface area contributed by atoms with Crippen LogP contribution in [0.5, 0.6) is 0 Å². The second-order valence-electron chi connectivity index (χ2n) is 12.3. The number of carbonyl (C=O) groups excluding carboxylic acids is 2. The molecule has 10 nitrogen and oxygen atoms in total. The lowest BCUT2D eigenvalue weighted by molar-refractivity contribution is -0.152. The molecule has 11 heteroatoms. The smallest absolute Gasteiger partial charge is 0.327 e. The van der Waals surface area contributed by atoms with E-state index in [-0.39, 0.29) is 25.7 Å². The lowest BCUT2D eigenvalue weighted by Gasteiger charge is -2.53. The predicted molar refractivity (Wildman–Crippen MR) is 126 cm³/mol. The van der Waals surface area contributed by atoms with Crippen LogP contribution < -0.4 is 20.1 Å². The van der Waals surface area contributed by atoms with E-state index in [1.54, 1.807) is 0 Å². The number of hydrogen-bond donors (Lipinski definition) is 4. The summed E-state index contributed by atoms with van der Waals surface area (Å²) < 4.78 is 42.5. The van der Waals surface area contributed by atoms with Crippen LogP contribution in [0, 0.1) is 0 Å². The summed E-state index contributed by atoms with van der Waals surface area (Å²) in [5.74, 6) is -1.35. The van der Waals surface area contributed by atoms with Crippen LogP contribution in [0.25, 0.3) is 0 Å². The Balaban J connectivity index is 2.51. The van der Waals surface area contributed by atoms with Crippen molar-refractivity contribution in [3.05, 3.63) is 0 Å². The molecule has 0 aromatic carbocycles. The van der Waals surface area contributed by atoms with Gasteiger partial charge in [0.2, 0.25) is 0 Å². The Morgan fingerprint density at radius 3 is 1.09 bits per heavy atom. The molecule has 0 spiro atoms. The van der Waals surface area contributed by atoms with Crippen LogP contribution in [-0.2, 0) is 29.3 Å². The van der Waals surface area contributed by atoms with E-state index in [0.29, 0.717) is 0 Å². The summed E-state index contributed by atoms with van der Waals surface area (Å²) in [6, 6.07) is 0. The predicted octanol–water partition coefficient (Wildman–Crippen LogP) is 1.12. The monoisotopic (exact) mass is 490 g/mol. The molecule has 2 aliphatic rings. The average molecular weight is 491 g/mol. The SMILES string of the molecule is COC(=O)C1(NS(=O)(=O)NC2(C(=O)OC)CC(C)(C)NC(C)(C)C2)CC(C)(C)NC(C)(C)C1. The lowest BCUT2D eigenvalue weighted by atomic mass is 9.71. The largest absolute Gasteiger partial charge is 0.468 e. The van der Waals surface area contributed by atoms with Crippen LogP contribution in [0.15, 0.2) is 0 Å². The van der Waals surface area contributed by atoms with Crippen LogP contribution in [0.3, 0.4) is 0 Å². The van der Waals surface area contributed by atoms with Crippen LogP contribution in [0.1, 0.15) is 81.1 Å². The summed E-state index contributed by atoms with van der Waals surface area (Å²) in [5.41, 5.74) is -5.27. The summed E-state index contributed by atoms with van der Waals surface area (Å²) in [6.45, 7) is 15.2. The summed E-state index contributed by atoms with van der Waals surface area (Å²) in [4.78, 5) is 26.0. The number of piperidine rings is 2. The van der Waals surface area contributed by atoms with Crippen molar-refractivity contribution in [2.45, 2.75) is 114 Å². The molecular formula is C22H42N4O6S. The molecule has 2 aliphatic heterocycles. The summed E-state index contributed by atoms with van der Waals surface area (Å²) >= 11 is 0. The van der Waals surface area contributed by atoms with E-state index >= 15 is 0 Å². The zero-order valence-electron chi connectivity index (χ0n) is 21.7.